The Balaban J connectivity index is 2.59. The Hall–Kier alpha value is -1.81. The second-order valence-corrected chi connectivity index (χ2v) is 2.95. The van der Waals surface area contributed by atoms with E-state index in [1.807, 2.05) is 24.3 Å². The first-order valence-electron chi connectivity index (χ1n) is 4.56. The normalized spacial score (nSPS) is 10.5. The molecule has 0 aromatic heterocycles. The predicted octanol–water partition coefficient (Wildman–Crippen LogP) is 1.46. The highest BCUT2D eigenvalue weighted by Crippen LogP contribution is 2.09. The number of hydrogen-bond acceptors (Lipinski definition) is 2. The number of nitrogens with one attached hydrogen (secondary N) is 1. The summed E-state index contributed by atoms with van der Waals surface area (Å²) >= 11 is 0. The smallest absolute Gasteiger partial charge is 0.404 e. The van der Waals surface area contributed by atoms with Gasteiger partial charge in [-0.05, 0) is 11.1 Å². The molecule has 0 unspecified atom stereocenters. The van der Waals surface area contributed by atoms with Crippen molar-refractivity contribution in [3.05, 3.63) is 41.5 Å². The highest BCUT2D eigenvalue weighted by atomic mass is 16.4. The van der Waals surface area contributed by atoms with Crippen molar-refractivity contribution >= 4 is 12.2 Å². The Morgan fingerprint density at radius 1 is 1.40 bits per heavy atom. The third kappa shape index (κ3) is 3.83. The molecule has 0 aliphatic heterocycles. The lowest BCUT2D eigenvalue weighted by molar-refractivity contribution is 0.195. The fourth-order valence-electron chi connectivity index (χ4n) is 1.17. The minimum atomic E-state index is -1.05. The molecule has 1 aromatic rings. The minimum absolute atomic E-state index is 0.0210. The van der Waals surface area contributed by atoms with E-state index >= 15 is 0 Å². The number of amides is 1. The molecule has 0 saturated heterocycles. The van der Waals surface area contributed by atoms with Gasteiger partial charge in [0.2, 0.25) is 0 Å². The molecule has 1 aromatic carbocycles. The molecule has 1 rings (SSSR count). The topological polar surface area (TPSA) is 69.6 Å². The van der Waals surface area contributed by atoms with E-state index in [0.29, 0.717) is 0 Å². The summed E-state index contributed by atoms with van der Waals surface area (Å²) in [5.41, 5.74) is 1.72. The van der Waals surface area contributed by atoms with Crippen LogP contribution in [0, 0.1) is 0 Å². The minimum Gasteiger partial charge on any atom is -0.465 e. The van der Waals surface area contributed by atoms with Gasteiger partial charge in [-0.15, -0.1) is 0 Å². The van der Waals surface area contributed by atoms with Gasteiger partial charge < -0.3 is 15.5 Å². The van der Waals surface area contributed by atoms with E-state index in [-0.39, 0.29) is 13.2 Å². The molecule has 0 atom stereocenters. The van der Waals surface area contributed by atoms with Crippen LogP contribution in [-0.4, -0.2) is 22.9 Å². The fraction of sp³-hybridized carbons (Fsp3) is 0.182. The molecule has 3 N–H and O–H groups in total. The molecule has 0 bridgehead atoms. The Morgan fingerprint density at radius 3 is 2.80 bits per heavy atom. The van der Waals surface area contributed by atoms with Crippen LogP contribution in [0.3, 0.4) is 0 Å². The van der Waals surface area contributed by atoms with Crippen LogP contribution in [-0.2, 0) is 6.61 Å². The Kier molecular flexibility index (Phi) is 4.37. The van der Waals surface area contributed by atoms with E-state index in [0.717, 1.165) is 11.1 Å². The van der Waals surface area contributed by atoms with Crippen LogP contribution in [0.4, 0.5) is 4.79 Å². The summed E-state index contributed by atoms with van der Waals surface area (Å²) in [6, 6.07) is 7.40. The van der Waals surface area contributed by atoms with E-state index in [1.165, 1.54) is 0 Å². The summed E-state index contributed by atoms with van der Waals surface area (Å²) < 4.78 is 0. The predicted molar refractivity (Wildman–Crippen MR) is 57.4 cm³/mol. The van der Waals surface area contributed by atoms with Crippen LogP contribution in [0.2, 0.25) is 0 Å². The van der Waals surface area contributed by atoms with Crippen LogP contribution < -0.4 is 5.32 Å². The first-order valence-corrected chi connectivity index (χ1v) is 4.56. The lowest BCUT2D eigenvalue weighted by atomic mass is 10.1. The lowest BCUT2D eigenvalue weighted by Crippen LogP contribution is -2.20. The van der Waals surface area contributed by atoms with Crippen LogP contribution in [0.25, 0.3) is 6.08 Å². The van der Waals surface area contributed by atoms with Gasteiger partial charge in [0, 0.05) is 6.54 Å². The molecule has 0 heterocycles. The zero-order chi connectivity index (χ0) is 11.1. The maximum Gasteiger partial charge on any atom is 0.404 e. The van der Waals surface area contributed by atoms with Gasteiger partial charge in [-0.1, -0.05) is 36.4 Å². The van der Waals surface area contributed by atoms with Gasteiger partial charge in [-0.25, -0.2) is 4.79 Å². The molecule has 80 valence electrons. The maximum absolute atomic E-state index is 10.1. The van der Waals surface area contributed by atoms with E-state index in [4.69, 9.17) is 10.2 Å². The average molecular weight is 207 g/mol. The van der Waals surface area contributed by atoms with Gasteiger partial charge in [0.1, 0.15) is 0 Å². The fourth-order valence-corrected chi connectivity index (χ4v) is 1.17. The number of carboxylic acid groups (broad SMARTS) is 1. The van der Waals surface area contributed by atoms with Gasteiger partial charge in [-0.2, -0.15) is 0 Å². The second kappa shape index (κ2) is 5.82. The molecular formula is C11H13NO3. The quantitative estimate of drug-likeness (QED) is 0.700. The van der Waals surface area contributed by atoms with Gasteiger partial charge in [0.25, 0.3) is 0 Å². The number of rotatable bonds is 4. The standard InChI is InChI=1S/C11H13NO3/c13-8-10-5-2-1-4-9(10)6-3-7-12-11(14)15/h1-6,12-13H,7-8H2,(H,14,15)/b6-3+. The number of aliphatic hydroxyl groups is 1. The summed E-state index contributed by atoms with van der Waals surface area (Å²) in [6.07, 6.45) is 2.43. The number of aliphatic hydroxyl groups excluding tert-OH is 1. The number of carbonyl (C=O) groups is 1. The lowest BCUT2D eigenvalue weighted by Gasteiger charge is -2.01. The third-order valence-electron chi connectivity index (χ3n) is 1.89. The van der Waals surface area contributed by atoms with Crippen LogP contribution in [0.1, 0.15) is 11.1 Å². The third-order valence-corrected chi connectivity index (χ3v) is 1.89. The van der Waals surface area contributed by atoms with Crippen LogP contribution in [0.5, 0.6) is 0 Å². The maximum atomic E-state index is 10.1. The van der Waals surface area contributed by atoms with Crippen LogP contribution in [0.15, 0.2) is 30.3 Å². The highest BCUT2D eigenvalue weighted by molar-refractivity contribution is 5.65. The van der Waals surface area contributed by atoms with Gasteiger partial charge in [0.15, 0.2) is 0 Å². The Bertz CT molecular complexity index is 361. The monoisotopic (exact) mass is 207 g/mol. The number of hydrogen-bond donors (Lipinski definition) is 3. The largest absolute Gasteiger partial charge is 0.465 e. The molecule has 0 fully saturated rings. The summed E-state index contributed by atoms with van der Waals surface area (Å²) in [4.78, 5) is 10.1. The molecule has 0 aliphatic rings. The van der Waals surface area contributed by atoms with E-state index in [1.54, 1.807) is 12.2 Å². The van der Waals surface area contributed by atoms with Crippen molar-refractivity contribution in [3.63, 3.8) is 0 Å². The van der Waals surface area contributed by atoms with Crippen molar-refractivity contribution in [2.75, 3.05) is 6.54 Å². The molecule has 4 heteroatoms. The Morgan fingerprint density at radius 2 is 2.13 bits per heavy atom. The van der Waals surface area contributed by atoms with Crippen molar-refractivity contribution < 1.29 is 15.0 Å². The summed E-state index contributed by atoms with van der Waals surface area (Å²) in [5.74, 6) is 0. The zero-order valence-electron chi connectivity index (χ0n) is 8.18. The molecule has 0 aliphatic carbocycles. The van der Waals surface area contributed by atoms with Gasteiger partial charge >= 0.3 is 6.09 Å². The van der Waals surface area contributed by atoms with E-state index in [2.05, 4.69) is 5.32 Å². The average Bonchev–Trinajstić information content (AvgIpc) is 2.24. The van der Waals surface area contributed by atoms with Crippen molar-refractivity contribution in [1.82, 2.24) is 5.32 Å². The SMILES string of the molecule is O=C(O)NC/C=C/c1ccccc1CO. The van der Waals surface area contributed by atoms with Crippen molar-refractivity contribution in [1.29, 1.82) is 0 Å². The summed E-state index contributed by atoms with van der Waals surface area (Å²) in [6.45, 7) is 0.238. The van der Waals surface area contributed by atoms with Crippen molar-refractivity contribution in [3.8, 4) is 0 Å². The first-order chi connectivity index (χ1) is 7.24. The zero-order valence-corrected chi connectivity index (χ0v) is 8.18. The van der Waals surface area contributed by atoms with Gasteiger partial charge in [-0.3, -0.25) is 0 Å². The number of benzene rings is 1. The molecule has 4 nitrogen and oxygen atoms in total. The first kappa shape index (κ1) is 11.3. The van der Waals surface area contributed by atoms with Gasteiger partial charge in [0.05, 0.1) is 6.61 Å². The Labute approximate surface area is 87.9 Å². The molecule has 15 heavy (non-hydrogen) atoms. The van der Waals surface area contributed by atoms with E-state index < -0.39 is 6.09 Å². The highest BCUT2D eigenvalue weighted by Gasteiger charge is 1.95. The second-order valence-electron chi connectivity index (χ2n) is 2.95. The molecule has 0 saturated carbocycles. The van der Waals surface area contributed by atoms with Crippen molar-refractivity contribution in [2.24, 2.45) is 0 Å². The van der Waals surface area contributed by atoms with E-state index in [9.17, 15) is 4.79 Å². The summed E-state index contributed by atoms with van der Waals surface area (Å²) in [5, 5.41) is 19.6. The molecule has 0 radical (unpaired) electrons. The summed E-state index contributed by atoms with van der Waals surface area (Å²) in [7, 11) is 0. The molecule has 0 spiro atoms. The molecule has 1 amide bonds. The van der Waals surface area contributed by atoms with Crippen LogP contribution >= 0.6 is 0 Å². The van der Waals surface area contributed by atoms with Crippen molar-refractivity contribution in [2.45, 2.75) is 6.61 Å². The molecular weight excluding hydrogens is 194 g/mol.